The molecule has 4 atom stereocenters. The lowest BCUT2D eigenvalue weighted by Gasteiger charge is -2.30. The zero-order chi connectivity index (χ0) is 14.3. The van der Waals surface area contributed by atoms with E-state index in [2.05, 4.69) is 0 Å². The Morgan fingerprint density at radius 2 is 1.00 bits per heavy atom. The van der Waals surface area contributed by atoms with Gasteiger partial charge in [-0.3, -0.25) is 0 Å². The average Bonchev–Trinajstić information content (AvgIpc) is 2.12. The maximum absolute atomic E-state index is 9.53. The van der Waals surface area contributed by atoms with Gasteiger partial charge in [0.1, 0.15) is 0 Å². The van der Waals surface area contributed by atoms with Gasteiger partial charge in [-0.15, -0.1) is 0 Å². The first-order chi connectivity index (χ1) is 8.22. The van der Waals surface area contributed by atoms with E-state index in [0.29, 0.717) is 25.7 Å². The highest BCUT2D eigenvalue weighted by Gasteiger charge is 2.27. The van der Waals surface area contributed by atoms with E-state index >= 15 is 0 Å². The van der Waals surface area contributed by atoms with Crippen LogP contribution in [0, 0.1) is 11.8 Å². The molecule has 4 heteroatoms. The lowest BCUT2D eigenvalue weighted by atomic mass is 9.78. The third-order valence-corrected chi connectivity index (χ3v) is 2.94. The lowest BCUT2D eigenvalue weighted by molar-refractivity contribution is 0.100. The fourth-order valence-electron chi connectivity index (χ4n) is 2.43. The predicted molar refractivity (Wildman–Crippen MR) is 71.9 cm³/mol. The van der Waals surface area contributed by atoms with Gasteiger partial charge in [0.25, 0.3) is 0 Å². The smallest absolute Gasteiger partial charge is 0.0517 e. The Kier molecular flexibility index (Phi) is 8.78. The summed E-state index contributed by atoms with van der Waals surface area (Å²) in [6.07, 6.45) is 0.288. The quantitative estimate of drug-likeness (QED) is 0.504. The third kappa shape index (κ3) is 8.86. The van der Waals surface area contributed by atoms with E-state index in [-0.39, 0.29) is 5.92 Å². The van der Waals surface area contributed by atoms with Crippen LogP contribution in [0.5, 0.6) is 0 Å². The molecule has 0 bridgehead atoms. The molecule has 0 aromatic heterocycles. The van der Waals surface area contributed by atoms with Gasteiger partial charge in [-0.2, -0.15) is 0 Å². The molecule has 0 aromatic carbocycles. The standard InChI is InChI=1S/C14H29O4/c1-9(15)5-13(6-10(2)16)14(7-11(3)17)8-12(4)18/h9-13,15-18H,5-8H2,1-4H3. The molecule has 4 nitrogen and oxygen atoms in total. The highest BCUT2D eigenvalue weighted by molar-refractivity contribution is 5.00. The molecule has 0 fully saturated rings. The van der Waals surface area contributed by atoms with Crippen molar-refractivity contribution in [1.82, 2.24) is 0 Å². The van der Waals surface area contributed by atoms with Crippen LogP contribution in [0.4, 0.5) is 0 Å². The Labute approximate surface area is 111 Å². The molecule has 0 aromatic rings. The first-order valence-electron chi connectivity index (χ1n) is 6.79. The summed E-state index contributed by atoms with van der Waals surface area (Å²) < 4.78 is 0. The number of aliphatic hydroxyl groups is 4. The van der Waals surface area contributed by atoms with Crippen LogP contribution in [-0.4, -0.2) is 44.8 Å². The highest BCUT2D eigenvalue weighted by Crippen LogP contribution is 2.32. The van der Waals surface area contributed by atoms with E-state index in [0.717, 1.165) is 5.92 Å². The van der Waals surface area contributed by atoms with Crippen molar-refractivity contribution in [1.29, 1.82) is 0 Å². The largest absolute Gasteiger partial charge is 0.393 e. The first-order valence-corrected chi connectivity index (χ1v) is 6.79. The van der Waals surface area contributed by atoms with Gasteiger partial charge in [0.2, 0.25) is 0 Å². The zero-order valence-corrected chi connectivity index (χ0v) is 12.0. The van der Waals surface area contributed by atoms with Crippen LogP contribution in [0.1, 0.15) is 53.4 Å². The van der Waals surface area contributed by atoms with Crippen molar-refractivity contribution in [2.24, 2.45) is 5.92 Å². The van der Waals surface area contributed by atoms with Gasteiger partial charge in [0.15, 0.2) is 0 Å². The Bertz CT molecular complexity index is 160. The van der Waals surface area contributed by atoms with Crippen molar-refractivity contribution in [2.45, 2.75) is 77.8 Å². The van der Waals surface area contributed by atoms with Gasteiger partial charge >= 0.3 is 0 Å². The van der Waals surface area contributed by atoms with Gasteiger partial charge in [-0.1, -0.05) is 0 Å². The van der Waals surface area contributed by atoms with Crippen molar-refractivity contribution in [3.05, 3.63) is 5.92 Å². The SMILES string of the molecule is CC(O)C[C](CC(C)O)C(CC(C)O)CC(C)O. The second-order valence-electron chi connectivity index (χ2n) is 5.63. The van der Waals surface area contributed by atoms with E-state index in [9.17, 15) is 20.4 Å². The second kappa shape index (κ2) is 8.86. The van der Waals surface area contributed by atoms with Crippen LogP contribution < -0.4 is 0 Å². The van der Waals surface area contributed by atoms with Crippen LogP contribution in [0.15, 0.2) is 0 Å². The molecule has 4 unspecified atom stereocenters. The molecule has 0 spiro atoms. The first kappa shape index (κ1) is 17.8. The van der Waals surface area contributed by atoms with E-state index in [1.54, 1.807) is 27.7 Å². The topological polar surface area (TPSA) is 80.9 Å². The van der Waals surface area contributed by atoms with Gasteiger partial charge in [0, 0.05) is 0 Å². The number of hydrogen-bond donors (Lipinski definition) is 4. The van der Waals surface area contributed by atoms with Gasteiger partial charge in [0.05, 0.1) is 24.4 Å². The molecule has 0 saturated carbocycles. The summed E-state index contributed by atoms with van der Waals surface area (Å²) in [4.78, 5) is 0. The third-order valence-electron chi connectivity index (χ3n) is 2.94. The number of rotatable bonds is 9. The Hall–Kier alpha value is -0.160. The van der Waals surface area contributed by atoms with Crippen molar-refractivity contribution in [3.63, 3.8) is 0 Å². The Balaban J connectivity index is 4.69. The molecule has 0 saturated heterocycles. The monoisotopic (exact) mass is 261 g/mol. The minimum atomic E-state index is -0.468. The Morgan fingerprint density at radius 3 is 1.22 bits per heavy atom. The van der Waals surface area contributed by atoms with Crippen LogP contribution >= 0.6 is 0 Å². The summed E-state index contributed by atoms with van der Waals surface area (Å²) in [5, 5.41) is 38.1. The minimum Gasteiger partial charge on any atom is -0.393 e. The molecule has 0 aliphatic carbocycles. The fraction of sp³-hybridized carbons (Fsp3) is 0.929. The van der Waals surface area contributed by atoms with Crippen molar-refractivity contribution in [3.8, 4) is 0 Å². The predicted octanol–water partition coefficient (Wildman–Crippen LogP) is 1.26. The normalized spacial score (nSPS) is 20.5. The molecule has 0 heterocycles. The molecule has 4 N–H and O–H groups in total. The Morgan fingerprint density at radius 1 is 0.667 bits per heavy atom. The van der Waals surface area contributed by atoms with Crippen LogP contribution in [-0.2, 0) is 0 Å². The molecule has 18 heavy (non-hydrogen) atoms. The van der Waals surface area contributed by atoms with Gasteiger partial charge in [-0.05, 0) is 65.2 Å². The summed E-state index contributed by atoms with van der Waals surface area (Å²) in [5.41, 5.74) is 0. The number of hydrogen-bond acceptors (Lipinski definition) is 4. The van der Waals surface area contributed by atoms with E-state index in [1.165, 1.54) is 0 Å². The summed E-state index contributed by atoms with van der Waals surface area (Å²) >= 11 is 0. The van der Waals surface area contributed by atoms with Gasteiger partial charge in [-0.25, -0.2) is 0 Å². The molecule has 0 rings (SSSR count). The van der Waals surface area contributed by atoms with E-state index in [4.69, 9.17) is 0 Å². The molecular formula is C14H29O4. The molecule has 0 aliphatic heterocycles. The van der Waals surface area contributed by atoms with E-state index < -0.39 is 24.4 Å². The molecule has 0 amide bonds. The highest BCUT2D eigenvalue weighted by atomic mass is 16.3. The fourth-order valence-corrected chi connectivity index (χ4v) is 2.43. The van der Waals surface area contributed by atoms with E-state index in [1.807, 2.05) is 0 Å². The lowest BCUT2D eigenvalue weighted by Crippen LogP contribution is -2.26. The maximum atomic E-state index is 9.53. The molecule has 0 aliphatic rings. The molecule has 109 valence electrons. The minimum absolute atomic E-state index is 0.0363. The summed E-state index contributed by atoms with van der Waals surface area (Å²) in [7, 11) is 0. The van der Waals surface area contributed by atoms with Crippen molar-refractivity contribution in [2.75, 3.05) is 0 Å². The van der Waals surface area contributed by atoms with Crippen molar-refractivity contribution >= 4 is 0 Å². The average molecular weight is 261 g/mol. The van der Waals surface area contributed by atoms with Crippen molar-refractivity contribution < 1.29 is 20.4 Å². The number of aliphatic hydroxyl groups excluding tert-OH is 4. The second-order valence-corrected chi connectivity index (χ2v) is 5.63. The maximum Gasteiger partial charge on any atom is 0.0517 e. The summed E-state index contributed by atoms with van der Waals surface area (Å²) in [5.74, 6) is 1.07. The summed E-state index contributed by atoms with van der Waals surface area (Å²) in [6.45, 7) is 6.86. The summed E-state index contributed by atoms with van der Waals surface area (Å²) in [6, 6.07) is 0. The molecule has 1 radical (unpaired) electrons. The molecular weight excluding hydrogens is 232 g/mol. The van der Waals surface area contributed by atoms with Crippen LogP contribution in [0.2, 0.25) is 0 Å². The zero-order valence-electron chi connectivity index (χ0n) is 12.0. The van der Waals surface area contributed by atoms with Gasteiger partial charge < -0.3 is 20.4 Å². The van der Waals surface area contributed by atoms with Crippen LogP contribution in [0.25, 0.3) is 0 Å². The van der Waals surface area contributed by atoms with Crippen LogP contribution in [0.3, 0.4) is 0 Å².